The standard InChI is InChI=1S/C24H22N4O3S2/c1-17-8-6-7-11-20(17)16-28(33(2,30)31)21-14-12-18(13-15-21)22(29)25-24-27-26-23(32-24)19-9-4-3-5-10-19/h3-15H,16H2,1-2H3,(H,25,27,29). The number of sulfonamides is 1. The Labute approximate surface area is 196 Å². The molecule has 4 rings (SSSR count). The molecule has 0 aliphatic heterocycles. The SMILES string of the molecule is Cc1ccccc1CN(c1ccc(C(=O)Nc2nnc(-c3ccccc3)s2)cc1)S(C)(=O)=O. The second kappa shape index (κ2) is 9.51. The van der Waals surface area contributed by atoms with E-state index in [4.69, 9.17) is 0 Å². The van der Waals surface area contributed by atoms with Gasteiger partial charge < -0.3 is 0 Å². The first-order valence-electron chi connectivity index (χ1n) is 10.1. The van der Waals surface area contributed by atoms with Crippen LogP contribution in [0.2, 0.25) is 0 Å². The van der Waals surface area contributed by atoms with Crippen LogP contribution in [-0.4, -0.2) is 30.8 Å². The molecule has 0 radical (unpaired) electrons. The number of anilines is 2. The van der Waals surface area contributed by atoms with E-state index >= 15 is 0 Å². The molecule has 1 N–H and O–H groups in total. The first-order valence-corrected chi connectivity index (χ1v) is 12.8. The maximum atomic E-state index is 12.7. The first kappa shape index (κ1) is 22.6. The van der Waals surface area contributed by atoms with Crippen molar-refractivity contribution in [1.82, 2.24) is 10.2 Å². The van der Waals surface area contributed by atoms with E-state index < -0.39 is 10.0 Å². The second-order valence-corrected chi connectivity index (χ2v) is 10.4. The molecule has 0 aliphatic carbocycles. The third-order valence-corrected chi connectivity index (χ3v) is 7.09. The van der Waals surface area contributed by atoms with Crippen molar-refractivity contribution in [1.29, 1.82) is 0 Å². The Bertz CT molecular complexity index is 1370. The Hall–Kier alpha value is -3.56. The van der Waals surface area contributed by atoms with Crippen LogP contribution in [-0.2, 0) is 16.6 Å². The average Bonchev–Trinajstić information content (AvgIpc) is 3.27. The number of aromatic nitrogens is 2. The molecule has 1 heterocycles. The zero-order chi connectivity index (χ0) is 23.4. The Morgan fingerprint density at radius 3 is 2.27 bits per heavy atom. The molecule has 33 heavy (non-hydrogen) atoms. The molecule has 4 aromatic rings. The van der Waals surface area contributed by atoms with E-state index in [1.54, 1.807) is 24.3 Å². The lowest BCUT2D eigenvalue weighted by molar-refractivity contribution is 0.102. The maximum Gasteiger partial charge on any atom is 0.257 e. The number of hydrogen-bond donors (Lipinski definition) is 1. The lowest BCUT2D eigenvalue weighted by atomic mass is 10.1. The van der Waals surface area contributed by atoms with Gasteiger partial charge in [-0.25, -0.2) is 8.42 Å². The zero-order valence-electron chi connectivity index (χ0n) is 18.1. The first-order chi connectivity index (χ1) is 15.8. The summed E-state index contributed by atoms with van der Waals surface area (Å²) >= 11 is 1.28. The van der Waals surface area contributed by atoms with Gasteiger partial charge in [-0.2, -0.15) is 0 Å². The van der Waals surface area contributed by atoms with E-state index in [0.29, 0.717) is 21.4 Å². The summed E-state index contributed by atoms with van der Waals surface area (Å²) in [4.78, 5) is 12.7. The van der Waals surface area contributed by atoms with Gasteiger partial charge in [0.2, 0.25) is 15.2 Å². The highest BCUT2D eigenvalue weighted by Gasteiger charge is 2.19. The molecule has 168 valence electrons. The number of nitrogens with one attached hydrogen (secondary N) is 1. The Morgan fingerprint density at radius 1 is 0.939 bits per heavy atom. The number of amides is 1. The summed E-state index contributed by atoms with van der Waals surface area (Å²) in [5.41, 5.74) is 3.72. The molecular weight excluding hydrogens is 456 g/mol. The van der Waals surface area contributed by atoms with Gasteiger partial charge in [-0.15, -0.1) is 10.2 Å². The number of nitrogens with zero attached hydrogens (tertiary/aromatic N) is 3. The van der Waals surface area contributed by atoms with Crippen molar-refractivity contribution in [3.63, 3.8) is 0 Å². The van der Waals surface area contributed by atoms with Crippen LogP contribution in [0.3, 0.4) is 0 Å². The third-order valence-electron chi connectivity index (χ3n) is 5.06. The molecule has 3 aromatic carbocycles. The van der Waals surface area contributed by atoms with Crippen molar-refractivity contribution in [3.05, 3.63) is 95.6 Å². The predicted molar refractivity (Wildman–Crippen MR) is 132 cm³/mol. The van der Waals surface area contributed by atoms with Crippen molar-refractivity contribution >= 4 is 38.1 Å². The number of hydrogen-bond acceptors (Lipinski definition) is 6. The molecular formula is C24H22N4O3S2. The number of carbonyl (C=O) groups excluding carboxylic acids is 1. The van der Waals surface area contributed by atoms with Crippen molar-refractivity contribution in [2.45, 2.75) is 13.5 Å². The minimum Gasteiger partial charge on any atom is -0.296 e. The normalized spacial score (nSPS) is 11.2. The van der Waals surface area contributed by atoms with Crippen molar-refractivity contribution in [3.8, 4) is 10.6 Å². The fraction of sp³-hybridized carbons (Fsp3) is 0.125. The lowest BCUT2D eigenvalue weighted by Gasteiger charge is -2.23. The van der Waals surface area contributed by atoms with Crippen molar-refractivity contribution < 1.29 is 13.2 Å². The lowest BCUT2D eigenvalue weighted by Crippen LogP contribution is -2.29. The van der Waals surface area contributed by atoms with Crippen LogP contribution in [0.4, 0.5) is 10.8 Å². The summed E-state index contributed by atoms with van der Waals surface area (Å²) in [6.45, 7) is 2.16. The Balaban J connectivity index is 1.50. The molecule has 0 unspecified atom stereocenters. The van der Waals surface area contributed by atoms with E-state index in [-0.39, 0.29) is 12.5 Å². The van der Waals surface area contributed by atoms with Crippen LogP contribution in [0, 0.1) is 6.92 Å². The molecule has 1 aromatic heterocycles. The molecule has 7 nitrogen and oxygen atoms in total. The van der Waals surface area contributed by atoms with Crippen LogP contribution >= 0.6 is 11.3 Å². The van der Waals surface area contributed by atoms with Gasteiger partial charge in [-0.1, -0.05) is 65.9 Å². The van der Waals surface area contributed by atoms with E-state index in [1.165, 1.54) is 21.9 Å². The molecule has 0 saturated carbocycles. The van der Waals surface area contributed by atoms with Crippen molar-refractivity contribution in [2.75, 3.05) is 15.9 Å². The van der Waals surface area contributed by atoms with Gasteiger partial charge in [0.1, 0.15) is 5.01 Å². The summed E-state index contributed by atoms with van der Waals surface area (Å²) in [6.07, 6.45) is 1.17. The van der Waals surface area contributed by atoms with E-state index in [9.17, 15) is 13.2 Å². The van der Waals surface area contributed by atoms with Crippen LogP contribution in [0.15, 0.2) is 78.9 Å². The van der Waals surface area contributed by atoms with Crippen LogP contribution in [0.5, 0.6) is 0 Å². The molecule has 9 heteroatoms. The molecule has 0 fully saturated rings. The van der Waals surface area contributed by atoms with Gasteiger partial charge in [-0.3, -0.25) is 14.4 Å². The van der Waals surface area contributed by atoms with Crippen LogP contribution in [0.25, 0.3) is 10.6 Å². The van der Waals surface area contributed by atoms with Gasteiger partial charge in [0.25, 0.3) is 5.91 Å². The summed E-state index contributed by atoms with van der Waals surface area (Å²) < 4.78 is 26.2. The topological polar surface area (TPSA) is 92.3 Å². The molecule has 0 spiro atoms. The van der Waals surface area contributed by atoms with Gasteiger partial charge in [0.15, 0.2) is 0 Å². The third kappa shape index (κ3) is 5.44. The number of carbonyl (C=O) groups is 1. The fourth-order valence-corrected chi connectivity index (χ4v) is 4.88. The fourth-order valence-electron chi connectivity index (χ4n) is 3.26. The summed E-state index contributed by atoms with van der Waals surface area (Å²) in [5, 5.41) is 12.0. The van der Waals surface area contributed by atoms with Crippen LogP contribution in [0.1, 0.15) is 21.5 Å². The molecule has 0 aliphatic rings. The van der Waals surface area contributed by atoms with E-state index in [1.807, 2.05) is 61.5 Å². The predicted octanol–water partition coefficient (Wildman–Crippen LogP) is 4.73. The molecule has 0 saturated heterocycles. The highest BCUT2D eigenvalue weighted by molar-refractivity contribution is 7.92. The minimum absolute atomic E-state index is 0.212. The van der Waals surface area contributed by atoms with E-state index in [0.717, 1.165) is 16.7 Å². The van der Waals surface area contributed by atoms with Gasteiger partial charge in [0, 0.05) is 11.1 Å². The quantitative estimate of drug-likeness (QED) is 0.414. The maximum absolute atomic E-state index is 12.7. The minimum atomic E-state index is -3.52. The molecule has 1 amide bonds. The number of aryl methyl sites for hydroxylation is 1. The highest BCUT2D eigenvalue weighted by atomic mass is 32.2. The molecule has 0 atom stereocenters. The van der Waals surface area contributed by atoms with Gasteiger partial charge in [-0.05, 0) is 42.3 Å². The monoisotopic (exact) mass is 478 g/mol. The highest BCUT2D eigenvalue weighted by Crippen LogP contribution is 2.27. The number of rotatable bonds is 7. The van der Waals surface area contributed by atoms with Gasteiger partial charge in [0.05, 0.1) is 18.5 Å². The number of benzene rings is 3. The largest absolute Gasteiger partial charge is 0.296 e. The van der Waals surface area contributed by atoms with Crippen molar-refractivity contribution in [2.24, 2.45) is 0 Å². The summed E-state index contributed by atoms with van der Waals surface area (Å²) in [5.74, 6) is -0.345. The molecule has 0 bridgehead atoms. The zero-order valence-corrected chi connectivity index (χ0v) is 19.7. The average molecular weight is 479 g/mol. The summed E-state index contributed by atoms with van der Waals surface area (Å²) in [6, 6.07) is 23.7. The second-order valence-electron chi connectivity index (χ2n) is 7.48. The summed E-state index contributed by atoms with van der Waals surface area (Å²) in [7, 11) is -3.52. The van der Waals surface area contributed by atoms with Gasteiger partial charge >= 0.3 is 0 Å². The van der Waals surface area contributed by atoms with Crippen LogP contribution < -0.4 is 9.62 Å². The Morgan fingerprint density at radius 2 is 1.61 bits per heavy atom. The Kier molecular flexibility index (Phi) is 6.52. The smallest absolute Gasteiger partial charge is 0.257 e. The van der Waals surface area contributed by atoms with E-state index in [2.05, 4.69) is 15.5 Å².